The molecule has 2 fully saturated rings. The van der Waals surface area contributed by atoms with Gasteiger partial charge in [-0.05, 0) is 11.6 Å². The monoisotopic (exact) mass is 388 g/mol. The lowest BCUT2D eigenvalue weighted by Crippen LogP contribution is -2.45. The molecule has 4 rings (SSSR count). The van der Waals surface area contributed by atoms with Crippen LogP contribution in [0.3, 0.4) is 0 Å². The fourth-order valence-corrected chi connectivity index (χ4v) is 3.57. The number of amides is 1. The van der Waals surface area contributed by atoms with Crippen LogP contribution in [0.2, 0.25) is 5.02 Å². The predicted molar refractivity (Wildman–Crippen MR) is 101 cm³/mol. The van der Waals surface area contributed by atoms with Gasteiger partial charge in [0.2, 0.25) is 0 Å². The fraction of sp³-hybridized carbons (Fsp3) is 0.421. The van der Waals surface area contributed by atoms with Crippen molar-refractivity contribution in [1.82, 2.24) is 15.3 Å². The molecule has 142 valence electrons. The molecule has 3 heterocycles. The molecular weight excluding hydrogens is 368 g/mol. The number of nitrogens with zero attached hydrogens (tertiary/aromatic N) is 3. The highest BCUT2D eigenvalue weighted by Crippen LogP contribution is 2.32. The zero-order chi connectivity index (χ0) is 18.7. The highest BCUT2D eigenvalue weighted by molar-refractivity contribution is 6.31. The van der Waals surface area contributed by atoms with E-state index in [0.717, 1.165) is 37.3 Å². The topological polar surface area (TPSA) is 76.6 Å². The van der Waals surface area contributed by atoms with Crippen molar-refractivity contribution >= 4 is 23.3 Å². The van der Waals surface area contributed by atoms with Gasteiger partial charge < -0.3 is 19.7 Å². The fourth-order valence-electron chi connectivity index (χ4n) is 3.37. The van der Waals surface area contributed by atoms with Gasteiger partial charge in [-0.1, -0.05) is 29.8 Å². The van der Waals surface area contributed by atoms with Crippen LogP contribution in [0.5, 0.6) is 0 Å². The molecule has 8 heteroatoms. The van der Waals surface area contributed by atoms with Gasteiger partial charge in [-0.15, -0.1) is 0 Å². The second-order valence-electron chi connectivity index (χ2n) is 6.63. The lowest BCUT2D eigenvalue weighted by atomic mass is 10.0. The van der Waals surface area contributed by atoms with Gasteiger partial charge in [0.1, 0.15) is 11.5 Å². The summed E-state index contributed by atoms with van der Waals surface area (Å²) >= 11 is 6.10. The molecule has 7 nitrogen and oxygen atoms in total. The molecule has 0 radical (unpaired) electrons. The van der Waals surface area contributed by atoms with Gasteiger partial charge in [-0.2, -0.15) is 0 Å². The first kappa shape index (κ1) is 18.2. The Morgan fingerprint density at radius 1 is 1.15 bits per heavy atom. The van der Waals surface area contributed by atoms with E-state index in [9.17, 15) is 4.79 Å². The molecule has 1 aromatic heterocycles. The summed E-state index contributed by atoms with van der Waals surface area (Å²) in [7, 11) is 0. The van der Waals surface area contributed by atoms with E-state index < -0.39 is 5.79 Å². The number of rotatable bonds is 4. The van der Waals surface area contributed by atoms with E-state index in [2.05, 4.69) is 20.2 Å². The van der Waals surface area contributed by atoms with Crippen LogP contribution in [0.1, 0.15) is 28.9 Å². The number of hydrogen-bond donors (Lipinski definition) is 1. The summed E-state index contributed by atoms with van der Waals surface area (Å²) in [6.45, 7) is 3.24. The van der Waals surface area contributed by atoms with Gasteiger partial charge in [0, 0.05) is 37.5 Å². The minimum Gasteiger partial charge on any atom is -0.355 e. The quantitative estimate of drug-likeness (QED) is 0.866. The molecule has 1 N–H and O–H groups in total. The Balaban J connectivity index is 1.33. The van der Waals surface area contributed by atoms with Gasteiger partial charge in [0.15, 0.2) is 5.79 Å². The highest BCUT2D eigenvalue weighted by atomic mass is 35.5. The number of benzene rings is 1. The van der Waals surface area contributed by atoms with Crippen LogP contribution >= 0.6 is 11.6 Å². The van der Waals surface area contributed by atoms with E-state index in [-0.39, 0.29) is 11.6 Å². The summed E-state index contributed by atoms with van der Waals surface area (Å²) in [5.41, 5.74) is 1.14. The molecule has 0 aliphatic carbocycles. The predicted octanol–water partition coefficient (Wildman–Crippen LogP) is 2.40. The molecule has 27 heavy (non-hydrogen) atoms. The molecular formula is C19H21ClN4O3. The number of carbonyl (C=O) groups excluding carboxylic acids is 1. The van der Waals surface area contributed by atoms with E-state index in [1.165, 1.54) is 6.20 Å². The Bertz CT molecular complexity index is 799. The zero-order valence-corrected chi connectivity index (χ0v) is 15.6. The molecule has 2 aromatic rings. The van der Waals surface area contributed by atoms with Gasteiger partial charge >= 0.3 is 0 Å². The van der Waals surface area contributed by atoms with Crippen LogP contribution in [-0.4, -0.2) is 48.0 Å². The van der Waals surface area contributed by atoms with Crippen molar-refractivity contribution in [2.75, 3.05) is 31.2 Å². The second kappa shape index (κ2) is 7.80. The number of ether oxygens (including phenoxy) is 2. The Morgan fingerprint density at radius 3 is 2.56 bits per heavy atom. The van der Waals surface area contributed by atoms with E-state index >= 15 is 0 Å². The maximum absolute atomic E-state index is 12.3. The number of carbonyl (C=O) groups is 1. The van der Waals surface area contributed by atoms with Crippen LogP contribution in [0.4, 0.5) is 5.82 Å². The van der Waals surface area contributed by atoms with E-state index in [4.69, 9.17) is 21.1 Å². The molecule has 2 aliphatic rings. The van der Waals surface area contributed by atoms with Crippen LogP contribution < -0.4 is 10.2 Å². The summed E-state index contributed by atoms with van der Waals surface area (Å²) in [6, 6.07) is 7.40. The summed E-state index contributed by atoms with van der Waals surface area (Å²) < 4.78 is 11.5. The lowest BCUT2D eigenvalue weighted by Gasteiger charge is -2.37. The van der Waals surface area contributed by atoms with Gasteiger partial charge in [-0.3, -0.25) is 4.79 Å². The minimum absolute atomic E-state index is 0.278. The smallest absolute Gasteiger partial charge is 0.271 e. The first-order valence-corrected chi connectivity index (χ1v) is 9.40. The highest BCUT2D eigenvalue weighted by Gasteiger charge is 2.40. The molecule has 0 saturated carbocycles. The molecule has 1 amide bonds. The maximum atomic E-state index is 12.3. The number of anilines is 1. The molecule has 1 aromatic carbocycles. The first-order chi connectivity index (χ1) is 13.2. The third kappa shape index (κ3) is 4.05. The van der Waals surface area contributed by atoms with E-state index in [0.29, 0.717) is 24.8 Å². The normalized spacial score (nSPS) is 18.6. The summed E-state index contributed by atoms with van der Waals surface area (Å²) in [5, 5.41) is 3.44. The number of piperidine rings is 1. The van der Waals surface area contributed by atoms with E-state index in [1.54, 1.807) is 12.3 Å². The molecule has 2 aliphatic heterocycles. The van der Waals surface area contributed by atoms with E-state index in [1.807, 2.05) is 18.2 Å². The number of halogens is 1. The van der Waals surface area contributed by atoms with Crippen molar-refractivity contribution in [3.63, 3.8) is 0 Å². The second-order valence-corrected chi connectivity index (χ2v) is 7.04. The molecule has 0 atom stereocenters. The summed E-state index contributed by atoms with van der Waals surface area (Å²) in [6.07, 6.45) is 4.74. The standard InChI is InChI=1S/C19H21ClN4O3/c20-15-4-2-1-3-14(15)11-23-18(25)16-12-22-17(13-21-16)24-7-5-19(6-8-24)26-9-10-27-19/h1-4,12-13H,5-11H2,(H,23,25). The molecule has 0 bridgehead atoms. The Hall–Kier alpha value is -2.22. The minimum atomic E-state index is -0.414. The number of aromatic nitrogens is 2. The van der Waals surface area contributed by atoms with Crippen LogP contribution in [0.25, 0.3) is 0 Å². The van der Waals surface area contributed by atoms with Crippen molar-refractivity contribution in [2.45, 2.75) is 25.2 Å². The average molecular weight is 389 g/mol. The molecule has 1 spiro atoms. The van der Waals surface area contributed by atoms with Crippen LogP contribution in [0, 0.1) is 0 Å². The third-order valence-corrected chi connectivity index (χ3v) is 5.30. The van der Waals surface area contributed by atoms with Gasteiger partial charge in [0.25, 0.3) is 5.91 Å². The van der Waals surface area contributed by atoms with Crippen molar-refractivity contribution in [2.24, 2.45) is 0 Å². The van der Waals surface area contributed by atoms with Gasteiger partial charge in [-0.25, -0.2) is 9.97 Å². The maximum Gasteiger partial charge on any atom is 0.271 e. The SMILES string of the molecule is O=C(NCc1ccccc1Cl)c1cnc(N2CCC3(CC2)OCCO3)cn1. The lowest BCUT2D eigenvalue weighted by molar-refractivity contribution is -0.169. The number of hydrogen-bond acceptors (Lipinski definition) is 6. The largest absolute Gasteiger partial charge is 0.355 e. The zero-order valence-electron chi connectivity index (χ0n) is 14.9. The Morgan fingerprint density at radius 2 is 1.89 bits per heavy atom. The Kier molecular flexibility index (Phi) is 5.24. The van der Waals surface area contributed by atoms with Crippen molar-refractivity contribution in [3.8, 4) is 0 Å². The van der Waals surface area contributed by atoms with Crippen molar-refractivity contribution in [1.29, 1.82) is 0 Å². The van der Waals surface area contributed by atoms with Crippen molar-refractivity contribution in [3.05, 3.63) is 52.9 Å². The summed E-state index contributed by atoms with van der Waals surface area (Å²) in [5.74, 6) is 0.0625. The summed E-state index contributed by atoms with van der Waals surface area (Å²) in [4.78, 5) is 23.1. The van der Waals surface area contributed by atoms with Crippen molar-refractivity contribution < 1.29 is 14.3 Å². The Labute approximate surface area is 162 Å². The third-order valence-electron chi connectivity index (χ3n) is 4.93. The van der Waals surface area contributed by atoms with Crippen LogP contribution in [-0.2, 0) is 16.0 Å². The van der Waals surface area contributed by atoms with Crippen LogP contribution in [0.15, 0.2) is 36.7 Å². The average Bonchev–Trinajstić information content (AvgIpc) is 3.16. The molecule has 2 saturated heterocycles. The van der Waals surface area contributed by atoms with Gasteiger partial charge in [0.05, 0.1) is 25.6 Å². The number of nitrogens with one attached hydrogen (secondary N) is 1. The molecule has 0 unspecified atom stereocenters. The first-order valence-electron chi connectivity index (χ1n) is 9.02.